The number of hydrogen-bond donors (Lipinski definition) is 1. The van der Waals surface area contributed by atoms with E-state index >= 15 is 0 Å². The number of anilines is 1. The molecule has 2 aromatic rings. The van der Waals surface area contributed by atoms with Gasteiger partial charge in [0.05, 0.1) is 18.9 Å². The maximum Gasteiger partial charge on any atom is 0.258 e. The van der Waals surface area contributed by atoms with Crippen LogP contribution in [0.25, 0.3) is 11.4 Å². The fraction of sp³-hybridized carbons (Fsp3) is 0.333. The Kier molecular flexibility index (Phi) is 2.89. The predicted octanol–water partition coefficient (Wildman–Crippen LogP) is 1.79. The summed E-state index contributed by atoms with van der Waals surface area (Å²) in [5.41, 5.74) is 0.806. The van der Waals surface area contributed by atoms with Gasteiger partial charge in [-0.2, -0.15) is 4.98 Å². The Morgan fingerprint density at radius 3 is 2.32 bits per heavy atom. The zero-order chi connectivity index (χ0) is 17.1. The molecule has 2 bridgehead atoms. The number of amides is 2. The van der Waals surface area contributed by atoms with Gasteiger partial charge in [0, 0.05) is 5.56 Å². The number of aromatic nitrogens is 3. The van der Waals surface area contributed by atoms with E-state index in [0.717, 1.165) is 22.6 Å². The van der Waals surface area contributed by atoms with Crippen molar-refractivity contribution in [3.63, 3.8) is 0 Å². The van der Waals surface area contributed by atoms with Gasteiger partial charge in [-0.3, -0.25) is 14.7 Å². The molecular formula is C18H16N4O3. The Bertz CT molecular complexity index is 871. The number of ether oxygens (including phenoxy) is 1. The van der Waals surface area contributed by atoms with E-state index in [4.69, 9.17) is 4.74 Å². The predicted molar refractivity (Wildman–Crippen MR) is 88.6 cm³/mol. The van der Waals surface area contributed by atoms with Crippen LogP contribution < -0.4 is 9.64 Å². The molecule has 25 heavy (non-hydrogen) atoms. The van der Waals surface area contributed by atoms with Gasteiger partial charge in [0.2, 0.25) is 11.8 Å². The Hall–Kier alpha value is -2.96. The first kappa shape index (κ1) is 14.4. The average Bonchev–Trinajstić information content (AvgIpc) is 3.39. The Morgan fingerprint density at radius 2 is 1.72 bits per heavy atom. The van der Waals surface area contributed by atoms with Crippen LogP contribution in [0.4, 0.5) is 5.95 Å². The van der Waals surface area contributed by atoms with Gasteiger partial charge < -0.3 is 4.74 Å². The summed E-state index contributed by atoms with van der Waals surface area (Å²) in [5, 5.41) is 6.93. The number of rotatable bonds is 3. The molecule has 1 aromatic heterocycles. The third kappa shape index (κ3) is 1.92. The first-order valence-corrected chi connectivity index (χ1v) is 8.30. The smallest absolute Gasteiger partial charge is 0.258 e. The largest absolute Gasteiger partial charge is 0.497 e. The number of imide groups is 1. The van der Waals surface area contributed by atoms with E-state index in [-0.39, 0.29) is 41.4 Å². The molecule has 1 saturated carbocycles. The highest BCUT2D eigenvalue weighted by atomic mass is 16.5. The van der Waals surface area contributed by atoms with E-state index in [1.54, 1.807) is 7.11 Å². The molecule has 2 amide bonds. The Balaban J connectivity index is 1.46. The second-order valence-electron chi connectivity index (χ2n) is 6.72. The van der Waals surface area contributed by atoms with Crippen LogP contribution in [0.2, 0.25) is 0 Å². The zero-order valence-electron chi connectivity index (χ0n) is 13.5. The highest BCUT2D eigenvalue weighted by molar-refractivity contribution is 6.21. The standard InChI is InChI=1S/C18H16N4O3/c1-25-12-6-4-9(5-7-12)15-19-18(21-20-15)22-16(23)13-10-2-3-11(8-10)14(13)17(22)24/h2-7,10-11,13-14H,8H2,1H3,(H,19,20,21). The number of benzene rings is 1. The van der Waals surface area contributed by atoms with Gasteiger partial charge in [-0.15, -0.1) is 5.10 Å². The van der Waals surface area contributed by atoms with Crippen molar-refractivity contribution in [1.82, 2.24) is 15.2 Å². The average molecular weight is 336 g/mol. The second kappa shape index (κ2) is 5.02. The van der Waals surface area contributed by atoms with E-state index in [1.807, 2.05) is 24.3 Å². The third-order valence-corrected chi connectivity index (χ3v) is 5.51. The minimum Gasteiger partial charge on any atom is -0.497 e. The maximum absolute atomic E-state index is 12.8. The molecule has 0 radical (unpaired) electrons. The van der Waals surface area contributed by atoms with E-state index in [2.05, 4.69) is 27.3 Å². The fourth-order valence-corrected chi connectivity index (χ4v) is 4.33. The van der Waals surface area contributed by atoms with Crippen LogP contribution in [0.5, 0.6) is 5.75 Å². The molecule has 7 heteroatoms. The summed E-state index contributed by atoms with van der Waals surface area (Å²) in [7, 11) is 1.60. The van der Waals surface area contributed by atoms with E-state index in [0.29, 0.717) is 5.82 Å². The molecular weight excluding hydrogens is 320 g/mol. The van der Waals surface area contributed by atoms with Crippen LogP contribution in [0.3, 0.4) is 0 Å². The van der Waals surface area contributed by atoms with Gasteiger partial charge >= 0.3 is 0 Å². The van der Waals surface area contributed by atoms with Crippen molar-refractivity contribution in [2.45, 2.75) is 6.42 Å². The Morgan fingerprint density at radius 1 is 1.08 bits per heavy atom. The van der Waals surface area contributed by atoms with Gasteiger partial charge in [-0.1, -0.05) is 12.2 Å². The summed E-state index contributed by atoms with van der Waals surface area (Å²) >= 11 is 0. The number of H-pyrrole nitrogens is 1. The van der Waals surface area contributed by atoms with Gasteiger partial charge in [0.25, 0.3) is 5.95 Å². The quantitative estimate of drug-likeness (QED) is 0.682. The van der Waals surface area contributed by atoms with Crippen molar-refractivity contribution in [2.24, 2.45) is 23.7 Å². The molecule has 7 nitrogen and oxygen atoms in total. The van der Waals surface area contributed by atoms with Gasteiger partial charge in [-0.25, -0.2) is 4.90 Å². The van der Waals surface area contributed by atoms with Crippen LogP contribution >= 0.6 is 0 Å². The lowest BCUT2D eigenvalue weighted by Crippen LogP contribution is -2.33. The number of hydrogen-bond acceptors (Lipinski definition) is 5. The normalized spacial score (nSPS) is 29.6. The van der Waals surface area contributed by atoms with Crippen molar-refractivity contribution >= 4 is 17.8 Å². The Labute approximate surface area is 143 Å². The van der Waals surface area contributed by atoms with Crippen LogP contribution in [-0.4, -0.2) is 34.1 Å². The van der Waals surface area contributed by atoms with Crippen molar-refractivity contribution in [2.75, 3.05) is 12.0 Å². The number of carbonyl (C=O) groups is 2. The summed E-state index contributed by atoms with van der Waals surface area (Å²) in [4.78, 5) is 31.1. The van der Waals surface area contributed by atoms with E-state index in [9.17, 15) is 9.59 Å². The summed E-state index contributed by atoms with van der Waals surface area (Å²) < 4.78 is 5.14. The number of nitrogens with one attached hydrogen (secondary N) is 1. The number of fused-ring (bicyclic) bond motifs is 5. The monoisotopic (exact) mass is 336 g/mol. The molecule has 1 saturated heterocycles. The van der Waals surface area contributed by atoms with Crippen molar-refractivity contribution in [1.29, 1.82) is 0 Å². The summed E-state index contributed by atoms with van der Waals surface area (Å²) in [6.07, 6.45) is 5.05. The molecule has 0 spiro atoms. The van der Waals surface area contributed by atoms with E-state index < -0.39 is 0 Å². The molecule has 1 N–H and O–H groups in total. The van der Waals surface area contributed by atoms with Gasteiger partial charge in [0.15, 0.2) is 5.82 Å². The highest BCUT2D eigenvalue weighted by Crippen LogP contribution is 2.52. The maximum atomic E-state index is 12.8. The van der Waals surface area contributed by atoms with Gasteiger partial charge in [0.1, 0.15) is 5.75 Å². The molecule has 5 rings (SSSR count). The molecule has 1 aromatic carbocycles. The molecule has 4 atom stereocenters. The minimum absolute atomic E-state index is 0.134. The van der Waals surface area contributed by atoms with E-state index in [1.165, 1.54) is 0 Å². The third-order valence-electron chi connectivity index (χ3n) is 5.51. The molecule has 2 fully saturated rings. The summed E-state index contributed by atoms with van der Waals surface area (Å²) in [6, 6.07) is 7.32. The fourth-order valence-electron chi connectivity index (χ4n) is 4.33. The molecule has 1 aliphatic heterocycles. The van der Waals surface area contributed by atoms with Crippen molar-refractivity contribution in [3.05, 3.63) is 36.4 Å². The number of nitrogens with zero attached hydrogens (tertiary/aromatic N) is 3. The number of aromatic amines is 1. The van der Waals surface area contributed by atoms with Crippen molar-refractivity contribution in [3.8, 4) is 17.1 Å². The number of allylic oxidation sites excluding steroid dienone is 2. The van der Waals surface area contributed by atoms with Crippen LogP contribution in [0, 0.1) is 23.7 Å². The van der Waals surface area contributed by atoms with Gasteiger partial charge in [-0.05, 0) is 42.5 Å². The first-order chi connectivity index (χ1) is 12.2. The number of methoxy groups -OCH3 is 1. The lowest BCUT2D eigenvalue weighted by atomic mass is 9.85. The second-order valence-corrected chi connectivity index (χ2v) is 6.72. The molecule has 2 heterocycles. The number of carbonyl (C=O) groups excluding carboxylic acids is 2. The van der Waals surface area contributed by atoms with Crippen molar-refractivity contribution < 1.29 is 14.3 Å². The van der Waals surface area contributed by atoms with Crippen LogP contribution in [0.15, 0.2) is 36.4 Å². The molecule has 2 aliphatic carbocycles. The molecule has 4 unspecified atom stereocenters. The lowest BCUT2D eigenvalue weighted by molar-refractivity contribution is -0.123. The topological polar surface area (TPSA) is 88.2 Å². The SMILES string of the molecule is COc1ccc(-c2nc(N3C(=O)C4C5C=CC(C5)C4C3=O)n[nH]2)cc1. The lowest BCUT2D eigenvalue weighted by Gasteiger charge is -2.14. The first-order valence-electron chi connectivity index (χ1n) is 8.30. The molecule has 3 aliphatic rings. The minimum atomic E-state index is -0.245. The highest BCUT2D eigenvalue weighted by Gasteiger charge is 2.60. The summed E-state index contributed by atoms with van der Waals surface area (Å²) in [6.45, 7) is 0. The summed E-state index contributed by atoms with van der Waals surface area (Å²) in [5.74, 6) is 0.901. The van der Waals surface area contributed by atoms with Crippen LogP contribution in [-0.2, 0) is 9.59 Å². The van der Waals surface area contributed by atoms with Crippen LogP contribution in [0.1, 0.15) is 6.42 Å². The zero-order valence-corrected chi connectivity index (χ0v) is 13.5. The molecule has 126 valence electrons.